The first-order valence-electron chi connectivity index (χ1n) is 10.2. The number of pyridine rings is 2. The standard InChI is InChI=1S/C22H23ClN6O3/c1-13-7-15(9-26-21(13)29-11-16(23)10-27-29)14(2)28-12-18-17(22(28)32)3-4-24-19(18)8-20(31)25-5-6-30/h3-4,7,9-11,14,30H,5-6,8,12H2,1-2H3,(H,25,31). The molecule has 0 fully saturated rings. The molecule has 4 rings (SSSR count). The molecule has 0 saturated heterocycles. The van der Waals surface area contributed by atoms with E-state index in [-0.39, 0.29) is 37.4 Å². The van der Waals surface area contributed by atoms with E-state index in [9.17, 15) is 9.59 Å². The van der Waals surface area contributed by atoms with Crippen molar-refractivity contribution in [3.63, 3.8) is 0 Å². The van der Waals surface area contributed by atoms with Gasteiger partial charge in [-0.05, 0) is 37.1 Å². The van der Waals surface area contributed by atoms with Gasteiger partial charge in [-0.15, -0.1) is 0 Å². The molecule has 1 aliphatic heterocycles. The van der Waals surface area contributed by atoms with Crippen molar-refractivity contribution in [1.29, 1.82) is 0 Å². The fraction of sp³-hybridized carbons (Fsp3) is 0.318. The van der Waals surface area contributed by atoms with Gasteiger partial charge in [-0.2, -0.15) is 5.10 Å². The van der Waals surface area contributed by atoms with Gasteiger partial charge < -0.3 is 15.3 Å². The molecule has 10 heteroatoms. The van der Waals surface area contributed by atoms with Crippen LogP contribution in [0.15, 0.2) is 36.9 Å². The number of carbonyl (C=O) groups excluding carboxylic acids is 2. The van der Waals surface area contributed by atoms with Gasteiger partial charge in [0.25, 0.3) is 5.91 Å². The summed E-state index contributed by atoms with van der Waals surface area (Å²) in [5.74, 6) is 0.324. The normalized spacial score (nSPS) is 13.9. The number of hydrogen-bond donors (Lipinski definition) is 2. The highest BCUT2D eigenvalue weighted by molar-refractivity contribution is 6.30. The predicted octanol–water partition coefficient (Wildman–Crippen LogP) is 1.99. The maximum atomic E-state index is 13.1. The molecular weight excluding hydrogens is 432 g/mol. The van der Waals surface area contributed by atoms with Crippen LogP contribution in [-0.2, 0) is 17.8 Å². The van der Waals surface area contributed by atoms with E-state index in [1.54, 1.807) is 40.4 Å². The van der Waals surface area contributed by atoms with Crippen LogP contribution in [0.3, 0.4) is 0 Å². The molecule has 166 valence electrons. The average molecular weight is 455 g/mol. The molecule has 1 aliphatic rings. The minimum Gasteiger partial charge on any atom is -0.395 e. The number of nitrogens with one attached hydrogen (secondary N) is 1. The van der Waals surface area contributed by atoms with Gasteiger partial charge in [0, 0.05) is 36.6 Å². The number of amides is 2. The molecule has 2 N–H and O–H groups in total. The number of nitrogens with zero attached hydrogens (tertiary/aromatic N) is 5. The molecule has 4 heterocycles. The highest BCUT2D eigenvalue weighted by Crippen LogP contribution is 2.33. The molecular formula is C22H23ClN6O3. The first-order valence-corrected chi connectivity index (χ1v) is 10.6. The number of aromatic nitrogens is 4. The van der Waals surface area contributed by atoms with Crippen molar-refractivity contribution < 1.29 is 14.7 Å². The van der Waals surface area contributed by atoms with Crippen molar-refractivity contribution >= 4 is 23.4 Å². The molecule has 0 spiro atoms. The number of carbonyl (C=O) groups is 2. The lowest BCUT2D eigenvalue weighted by Gasteiger charge is -2.25. The van der Waals surface area contributed by atoms with E-state index in [2.05, 4.69) is 20.4 Å². The third-order valence-electron chi connectivity index (χ3n) is 5.52. The number of aliphatic hydroxyl groups excluding tert-OH is 1. The number of aryl methyl sites for hydroxylation is 1. The summed E-state index contributed by atoms with van der Waals surface area (Å²) in [5.41, 5.74) is 3.68. The van der Waals surface area contributed by atoms with Crippen molar-refractivity contribution in [2.75, 3.05) is 13.2 Å². The van der Waals surface area contributed by atoms with Crippen molar-refractivity contribution in [3.8, 4) is 5.82 Å². The molecule has 0 radical (unpaired) electrons. The highest BCUT2D eigenvalue weighted by Gasteiger charge is 2.34. The van der Waals surface area contributed by atoms with Crippen LogP contribution in [0, 0.1) is 6.92 Å². The lowest BCUT2D eigenvalue weighted by Crippen LogP contribution is -2.29. The first-order chi connectivity index (χ1) is 15.4. The summed E-state index contributed by atoms with van der Waals surface area (Å²) in [5, 5.41) is 16.2. The molecule has 0 aromatic carbocycles. The number of rotatable bonds is 7. The Kier molecular flexibility index (Phi) is 6.20. The van der Waals surface area contributed by atoms with Crippen LogP contribution in [0.5, 0.6) is 0 Å². The van der Waals surface area contributed by atoms with Gasteiger partial charge in [0.15, 0.2) is 5.82 Å². The van der Waals surface area contributed by atoms with Gasteiger partial charge in [-0.3, -0.25) is 14.6 Å². The maximum absolute atomic E-state index is 13.1. The molecule has 1 unspecified atom stereocenters. The second-order valence-electron chi connectivity index (χ2n) is 7.66. The smallest absolute Gasteiger partial charge is 0.255 e. The Morgan fingerprint density at radius 1 is 1.34 bits per heavy atom. The Morgan fingerprint density at radius 2 is 2.16 bits per heavy atom. The van der Waals surface area contributed by atoms with Gasteiger partial charge in [-0.25, -0.2) is 9.67 Å². The molecule has 0 bridgehead atoms. The van der Waals surface area contributed by atoms with Gasteiger partial charge in [-0.1, -0.05) is 11.6 Å². The van der Waals surface area contributed by atoms with Crippen LogP contribution in [0.25, 0.3) is 5.82 Å². The second-order valence-corrected chi connectivity index (χ2v) is 8.09. The first kappa shape index (κ1) is 21.9. The van der Waals surface area contributed by atoms with Crippen LogP contribution in [0.1, 0.15) is 45.7 Å². The summed E-state index contributed by atoms with van der Waals surface area (Å²) in [7, 11) is 0. The third kappa shape index (κ3) is 4.21. The summed E-state index contributed by atoms with van der Waals surface area (Å²) in [6.07, 6.45) is 6.58. The van der Waals surface area contributed by atoms with Crippen molar-refractivity contribution in [2.45, 2.75) is 32.9 Å². The van der Waals surface area contributed by atoms with Gasteiger partial charge in [0.2, 0.25) is 5.91 Å². The van der Waals surface area contributed by atoms with E-state index in [1.165, 1.54) is 0 Å². The van der Waals surface area contributed by atoms with Crippen LogP contribution >= 0.6 is 11.6 Å². The number of fused-ring (bicyclic) bond motifs is 1. The lowest BCUT2D eigenvalue weighted by atomic mass is 10.1. The molecule has 0 saturated carbocycles. The van der Waals surface area contributed by atoms with E-state index >= 15 is 0 Å². The summed E-state index contributed by atoms with van der Waals surface area (Å²) in [4.78, 5) is 35.8. The van der Waals surface area contributed by atoms with Crippen LogP contribution in [0.4, 0.5) is 0 Å². The zero-order chi connectivity index (χ0) is 22.8. The number of hydrogen-bond acceptors (Lipinski definition) is 6. The quantitative estimate of drug-likeness (QED) is 0.564. The Morgan fingerprint density at radius 3 is 2.84 bits per heavy atom. The third-order valence-corrected chi connectivity index (χ3v) is 5.71. The zero-order valence-electron chi connectivity index (χ0n) is 17.7. The monoisotopic (exact) mass is 454 g/mol. The summed E-state index contributed by atoms with van der Waals surface area (Å²) in [6, 6.07) is 3.45. The maximum Gasteiger partial charge on any atom is 0.255 e. The van der Waals surface area contributed by atoms with Crippen LogP contribution < -0.4 is 5.32 Å². The van der Waals surface area contributed by atoms with Crippen LogP contribution in [-0.4, -0.2) is 54.7 Å². The van der Waals surface area contributed by atoms with E-state index in [4.69, 9.17) is 16.7 Å². The SMILES string of the molecule is Cc1cc(C(C)N2Cc3c(ccnc3CC(=O)NCCO)C2=O)cnc1-n1cc(Cl)cn1. The predicted molar refractivity (Wildman–Crippen MR) is 117 cm³/mol. The molecule has 0 aliphatic carbocycles. The Bertz CT molecular complexity index is 1180. The molecule has 32 heavy (non-hydrogen) atoms. The van der Waals surface area contributed by atoms with E-state index < -0.39 is 0 Å². The average Bonchev–Trinajstić information content (AvgIpc) is 3.35. The molecule has 1 atom stereocenters. The molecule has 3 aromatic heterocycles. The van der Waals surface area contributed by atoms with E-state index in [1.807, 2.05) is 19.9 Å². The second kappa shape index (κ2) is 9.05. The van der Waals surface area contributed by atoms with Gasteiger partial charge in [0.05, 0.1) is 42.2 Å². The largest absolute Gasteiger partial charge is 0.395 e. The minimum absolute atomic E-state index is 0.0560. The topological polar surface area (TPSA) is 113 Å². The van der Waals surface area contributed by atoms with Crippen molar-refractivity contribution in [1.82, 2.24) is 30.0 Å². The fourth-order valence-corrected chi connectivity index (χ4v) is 3.97. The van der Waals surface area contributed by atoms with Crippen LogP contribution in [0.2, 0.25) is 5.02 Å². The molecule has 2 amide bonds. The Labute approximate surface area is 190 Å². The molecule has 9 nitrogen and oxygen atoms in total. The van der Waals surface area contributed by atoms with E-state index in [0.717, 1.165) is 16.7 Å². The van der Waals surface area contributed by atoms with E-state index in [0.29, 0.717) is 28.6 Å². The zero-order valence-corrected chi connectivity index (χ0v) is 18.5. The van der Waals surface area contributed by atoms with Gasteiger partial charge in [0.1, 0.15) is 0 Å². The highest BCUT2D eigenvalue weighted by atomic mass is 35.5. The lowest BCUT2D eigenvalue weighted by molar-refractivity contribution is -0.120. The van der Waals surface area contributed by atoms with Gasteiger partial charge >= 0.3 is 0 Å². The Balaban J connectivity index is 1.55. The number of halogens is 1. The number of aliphatic hydroxyl groups is 1. The van der Waals surface area contributed by atoms with Crippen molar-refractivity contribution in [2.24, 2.45) is 0 Å². The minimum atomic E-state index is -0.243. The Hall–Kier alpha value is -3.30. The molecule has 3 aromatic rings. The summed E-state index contributed by atoms with van der Waals surface area (Å²) < 4.78 is 1.61. The van der Waals surface area contributed by atoms with Crippen molar-refractivity contribution in [3.05, 3.63) is 69.9 Å². The fourth-order valence-electron chi connectivity index (χ4n) is 3.84. The summed E-state index contributed by atoms with van der Waals surface area (Å²) in [6.45, 7) is 4.30. The summed E-state index contributed by atoms with van der Waals surface area (Å²) >= 11 is 5.96.